The summed E-state index contributed by atoms with van der Waals surface area (Å²) in [5.41, 5.74) is 2.35. The number of hydrogen-bond donors (Lipinski definition) is 2. The molecule has 26 heavy (non-hydrogen) atoms. The van der Waals surface area contributed by atoms with E-state index in [-0.39, 0.29) is 12.1 Å². The number of amides is 3. The maximum atomic E-state index is 12.5. The minimum absolute atomic E-state index is 0.104. The number of likely N-dealkylation sites (tertiary alicyclic amines) is 1. The number of fused-ring (bicyclic) bond motifs is 1. The molecule has 2 aromatic rings. The lowest BCUT2D eigenvalue weighted by atomic mass is 9.95. The van der Waals surface area contributed by atoms with Crippen molar-refractivity contribution in [1.29, 1.82) is 0 Å². The molecular weight excluding hydrogens is 334 g/mol. The predicted octanol–water partition coefficient (Wildman–Crippen LogP) is 1.82. The number of pyridine rings is 1. The molecule has 0 unspecified atom stereocenters. The number of carbonyl (C=O) groups excluding carboxylic acids is 2. The van der Waals surface area contributed by atoms with E-state index in [0.29, 0.717) is 32.6 Å². The fourth-order valence-electron chi connectivity index (χ4n) is 3.71. The number of aryl methyl sites for hydroxylation is 1. The monoisotopic (exact) mass is 357 g/mol. The van der Waals surface area contributed by atoms with Crippen LogP contribution in [0.15, 0.2) is 24.4 Å². The summed E-state index contributed by atoms with van der Waals surface area (Å²) in [5, 5.41) is 5.68. The lowest BCUT2D eigenvalue weighted by Crippen LogP contribution is -2.41. The molecule has 1 spiro atoms. The van der Waals surface area contributed by atoms with Crippen molar-refractivity contribution < 1.29 is 14.3 Å². The first-order valence-electron chi connectivity index (χ1n) is 8.98. The van der Waals surface area contributed by atoms with E-state index in [9.17, 15) is 9.59 Å². The molecule has 8 nitrogen and oxygen atoms in total. The van der Waals surface area contributed by atoms with Crippen LogP contribution in [-0.2, 0) is 11.3 Å². The molecule has 2 aliphatic rings. The lowest BCUT2D eigenvalue weighted by molar-refractivity contribution is 0.0453. The van der Waals surface area contributed by atoms with Gasteiger partial charge in [0.25, 0.3) is 0 Å². The second kappa shape index (κ2) is 6.51. The van der Waals surface area contributed by atoms with Crippen molar-refractivity contribution >= 4 is 17.8 Å². The number of ether oxygens (including phenoxy) is 1. The molecule has 2 aliphatic heterocycles. The minimum atomic E-state index is -0.453. The topological polar surface area (TPSA) is 88.0 Å². The fourth-order valence-corrected chi connectivity index (χ4v) is 3.71. The van der Waals surface area contributed by atoms with E-state index in [2.05, 4.69) is 15.6 Å². The van der Waals surface area contributed by atoms with Gasteiger partial charge in [0.1, 0.15) is 11.2 Å². The maximum absolute atomic E-state index is 12.5. The molecule has 0 saturated carbocycles. The Kier molecular flexibility index (Phi) is 4.18. The summed E-state index contributed by atoms with van der Waals surface area (Å²) in [7, 11) is 0. The van der Waals surface area contributed by atoms with Gasteiger partial charge in [0, 0.05) is 31.4 Å². The highest BCUT2D eigenvalue weighted by atomic mass is 16.6. The van der Waals surface area contributed by atoms with Crippen molar-refractivity contribution in [3.8, 4) is 0 Å². The van der Waals surface area contributed by atoms with Crippen LogP contribution in [0.5, 0.6) is 0 Å². The highest BCUT2D eigenvalue weighted by molar-refractivity contribution is 5.74. The van der Waals surface area contributed by atoms with Gasteiger partial charge in [-0.25, -0.2) is 14.6 Å². The predicted molar refractivity (Wildman–Crippen MR) is 94.8 cm³/mol. The van der Waals surface area contributed by atoms with E-state index >= 15 is 0 Å². The van der Waals surface area contributed by atoms with Gasteiger partial charge in [-0.3, -0.25) is 0 Å². The van der Waals surface area contributed by atoms with E-state index < -0.39 is 5.60 Å². The molecule has 2 fully saturated rings. The number of hydrogen-bond acceptors (Lipinski definition) is 4. The van der Waals surface area contributed by atoms with Crippen LogP contribution in [0.3, 0.4) is 0 Å². The molecule has 0 aromatic carbocycles. The van der Waals surface area contributed by atoms with Crippen LogP contribution in [0, 0.1) is 6.92 Å². The van der Waals surface area contributed by atoms with Crippen molar-refractivity contribution in [2.45, 2.75) is 38.3 Å². The number of rotatable bonds is 2. The van der Waals surface area contributed by atoms with Crippen LogP contribution in [0.1, 0.15) is 30.7 Å². The molecule has 4 rings (SSSR count). The number of nitrogens with zero attached hydrogens (tertiary/aromatic N) is 3. The van der Waals surface area contributed by atoms with Gasteiger partial charge in [-0.05, 0) is 31.9 Å². The largest absolute Gasteiger partial charge is 0.441 e. The van der Waals surface area contributed by atoms with Gasteiger partial charge in [-0.1, -0.05) is 6.07 Å². The Morgan fingerprint density at radius 3 is 3.04 bits per heavy atom. The van der Waals surface area contributed by atoms with Gasteiger partial charge in [0.05, 0.1) is 18.8 Å². The normalized spacial score (nSPS) is 23.0. The second-order valence-electron chi connectivity index (χ2n) is 7.05. The Labute approximate surface area is 151 Å². The molecule has 1 atom stereocenters. The van der Waals surface area contributed by atoms with Gasteiger partial charge in [-0.2, -0.15) is 0 Å². The fraction of sp³-hybridized carbons (Fsp3) is 0.500. The summed E-state index contributed by atoms with van der Waals surface area (Å²) < 4.78 is 7.46. The molecule has 3 amide bonds. The number of nitrogens with one attached hydrogen (secondary N) is 2. The number of aromatic nitrogens is 2. The van der Waals surface area contributed by atoms with Crippen LogP contribution >= 0.6 is 0 Å². The minimum Gasteiger partial charge on any atom is -0.441 e. The molecule has 4 heterocycles. The molecule has 2 aromatic heterocycles. The third-order valence-corrected chi connectivity index (χ3v) is 5.22. The Bertz CT molecular complexity index is 848. The molecular formula is C18H23N5O3. The first-order valence-corrected chi connectivity index (χ1v) is 8.98. The molecule has 8 heteroatoms. The second-order valence-corrected chi connectivity index (χ2v) is 7.05. The first kappa shape index (κ1) is 16.7. The number of alkyl carbamates (subject to hydrolysis) is 1. The number of imidazole rings is 1. The van der Waals surface area contributed by atoms with Gasteiger partial charge in [0.2, 0.25) is 0 Å². The lowest BCUT2D eigenvalue weighted by Gasteiger charge is -2.25. The zero-order valence-corrected chi connectivity index (χ0v) is 14.8. The van der Waals surface area contributed by atoms with Gasteiger partial charge in [-0.15, -0.1) is 0 Å². The third kappa shape index (κ3) is 3.18. The van der Waals surface area contributed by atoms with E-state index in [1.807, 2.05) is 35.7 Å². The SMILES string of the molecule is Cc1cccc2nc(CNC(=O)N3CCC[C@]4(CC3)CNC(=O)O4)cn12. The maximum Gasteiger partial charge on any atom is 0.407 e. The molecule has 0 aliphatic carbocycles. The van der Waals surface area contributed by atoms with Gasteiger partial charge in [0.15, 0.2) is 0 Å². The van der Waals surface area contributed by atoms with E-state index in [4.69, 9.17) is 4.74 Å². The number of carbonyl (C=O) groups is 2. The summed E-state index contributed by atoms with van der Waals surface area (Å²) in [6.45, 7) is 4.18. The molecule has 0 radical (unpaired) electrons. The van der Waals surface area contributed by atoms with Crippen LogP contribution in [0.25, 0.3) is 5.65 Å². The summed E-state index contributed by atoms with van der Waals surface area (Å²) >= 11 is 0. The molecule has 0 bridgehead atoms. The zero-order chi connectivity index (χ0) is 18.1. The van der Waals surface area contributed by atoms with Crippen molar-refractivity contribution in [2.24, 2.45) is 0 Å². The van der Waals surface area contributed by atoms with Crippen molar-refractivity contribution in [3.63, 3.8) is 0 Å². The molecule has 138 valence electrons. The average molecular weight is 357 g/mol. The number of urea groups is 1. The van der Waals surface area contributed by atoms with Crippen LogP contribution in [0.4, 0.5) is 9.59 Å². The Hall–Kier alpha value is -2.77. The Balaban J connectivity index is 1.35. The van der Waals surface area contributed by atoms with Crippen molar-refractivity contribution in [3.05, 3.63) is 35.8 Å². The van der Waals surface area contributed by atoms with Crippen molar-refractivity contribution in [2.75, 3.05) is 19.6 Å². The van der Waals surface area contributed by atoms with Crippen LogP contribution < -0.4 is 10.6 Å². The van der Waals surface area contributed by atoms with E-state index in [1.165, 1.54) is 0 Å². The Morgan fingerprint density at radius 2 is 2.27 bits per heavy atom. The van der Waals surface area contributed by atoms with Gasteiger partial charge < -0.3 is 24.7 Å². The first-order chi connectivity index (χ1) is 12.5. The third-order valence-electron chi connectivity index (χ3n) is 5.22. The van der Waals surface area contributed by atoms with Gasteiger partial charge >= 0.3 is 12.1 Å². The van der Waals surface area contributed by atoms with E-state index in [0.717, 1.165) is 29.9 Å². The highest BCUT2D eigenvalue weighted by Crippen LogP contribution is 2.29. The standard InChI is InChI=1S/C18H23N5O3/c1-13-4-2-5-15-21-14(11-23(13)15)10-19-16(24)22-8-3-6-18(7-9-22)12-20-17(25)26-18/h2,4-5,11H,3,6-10,12H2,1H3,(H,19,24)(H,20,25)/t18-/m0/s1. The Morgan fingerprint density at radius 1 is 1.38 bits per heavy atom. The van der Waals surface area contributed by atoms with E-state index in [1.54, 1.807) is 4.90 Å². The van der Waals surface area contributed by atoms with Crippen LogP contribution in [0.2, 0.25) is 0 Å². The zero-order valence-electron chi connectivity index (χ0n) is 14.8. The summed E-state index contributed by atoms with van der Waals surface area (Å²) in [6.07, 6.45) is 3.85. The summed E-state index contributed by atoms with van der Waals surface area (Å²) in [6, 6.07) is 5.84. The smallest absolute Gasteiger partial charge is 0.407 e. The molecule has 2 N–H and O–H groups in total. The van der Waals surface area contributed by atoms with Crippen LogP contribution in [-0.4, -0.2) is 51.6 Å². The average Bonchev–Trinajstić information content (AvgIpc) is 3.13. The summed E-state index contributed by atoms with van der Waals surface area (Å²) in [5.74, 6) is 0. The summed E-state index contributed by atoms with van der Waals surface area (Å²) in [4.78, 5) is 30.2. The highest BCUT2D eigenvalue weighted by Gasteiger charge is 2.41. The molecule has 2 saturated heterocycles. The quantitative estimate of drug-likeness (QED) is 0.858. The van der Waals surface area contributed by atoms with Crippen molar-refractivity contribution in [1.82, 2.24) is 24.9 Å².